The predicted molar refractivity (Wildman–Crippen MR) is 264 cm³/mol. The molecule has 64 heavy (non-hydrogen) atoms. The highest BCUT2D eigenvalue weighted by atomic mass is 32.2. The van der Waals surface area contributed by atoms with Gasteiger partial charge in [-0.2, -0.15) is 0 Å². The monoisotopic (exact) mass is 923 g/mol. The van der Waals surface area contributed by atoms with Crippen molar-refractivity contribution in [1.29, 1.82) is 0 Å². The molecule has 3 aromatic rings. The maximum Gasteiger partial charge on any atom is 0.198 e. The molecule has 0 unspecified atom stereocenters. The van der Waals surface area contributed by atoms with Crippen molar-refractivity contribution < 1.29 is 36.6 Å². The summed E-state index contributed by atoms with van der Waals surface area (Å²) in [5.74, 6) is -3.23. The smallest absolute Gasteiger partial charge is 0.198 e. The summed E-state index contributed by atoms with van der Waals surface area (Å²) in [6, 6.07) is 8.28. The van der Waals surface area contributed by atoms with Gasteiger partial charge in [-0.3, -0.25) is 9.59 Å². The first-order chi connectivity index (χ1) is 31.0. The maximum atomic E-state index is 14.1. The van der Waals surface area contributed by atoms with Crippen LogP contribution in [0, 0.1) is 0 Å². The van der Waals surface area contributed by atoms with Crippen LogP contribution >= 0.6 is 0 Å². The third kappa shape index (κ3) is 16.3. The summed E-state index contributed by atoms with van der Waals surface area (Å²) < 4.78 is 56.6. The zero-order valence-corrected chi connectivity index (χ0v) is 41.3. The molecule has 2 N–H and O–H groups in total. The van der Waals surface area contributed by atoms with Crippen LogP contribution in [0.2, 0.25) is 0 Å². The van der Waals surface area contributed by atoms with Crippen LogP contribution in [0.1, 0.15) is 251 Å². The van der Waals surface area contributed by atoms with E-state index in [-0.39, 0.29) is 33.4 Å². The van der Waals surface area contributed by atoms with Gasteiger partial charge in [-0.1, -0.05) is 231 Å². The van der Waals surface area contributed by atoms with E-state index in [0.29, 0.717) is 25.7 Å². The molecule has 0 spiro atoms. The first-order valence-corrected chi connectivity index (χ1v) is 29.0. The van der Waals surface area contributed by atoms with Crippen LogP contribution in [0.25, 0.3) is 10.8 Å². The zero-order valence-electron chi connectivity index (χ0n) is 39.7. The SMILES string of the molecule is CCCCCCCCCCCCCCCCCCS(=O)(=O)c1cc2c(O)c3c(c(O)c2cc1S(=O)(=O)CCCCCCCCCCCCCCCCCC)C(=O)c1ccccc1C3=O. The van der Waals surface area contributed by atoms with E-state index in [2.05, 4.69) is 13.8 Å². The standard InChI is InChI=1S/C54H82O8S2/c1-3-5-7-9-11-13-15-17-19-21-23-25-27-29-31-35-39-63(59,60)47-41-45-46(54(58)50-49(53(45)57)51(55)43-37-33-34-38-44(43)52(50)56)42-48(47)64(61,62)40-36-32-30-28-26-24-22-20-18-16-14-12-10-8-6-4-2/h33-34,37-38,41-42,57-58H,3-32,35-36,39-40H2,1-2H3. The Balaban J connectivity index is 1.36. The number of hydrogen-bond acceptors (Lipinski definition) is 8. The molecule has 1 aliphatic carbocycles. The number of benzene rings is 3. The van der Waals surface area contributed by atoms with Gasteiger partial charge in [0.2, 0.25) is 0 Å². The molecule has 10 heteroatoms. The number of carbonyl (C=O) groups excluding carboxylic acids is 2. The second kappa shape index (κ2) is 28.7. The second-order valence-corrected chi connectivity index (χ2v) is 22.9. The van der Waals surface area contributed by atoms with Gasteiger partial charge in [-0.05, 0) is 25.0 Å². The van der Waals surface area contributed by atoms with Gasteiger partial charge in [0.1, 0.15) is 11.5 Å². The fourth-order valence-electron chi connectivity index (χ4n) is 9.43. The Morgan fingerprint density at radius 1 is 0.375 bits per heavy atom. The summed E-state index contributed by atoms with van der Waals surface area (Å²) in [5, 5.41) is 22.8. The van der Waals surface area contributed by atoms with E-state index in [1.807, 2.05) is 0 Å². The predicted octanol–water partition coefficient (Wildman–Crippen LogP) is 15.1. The van der Waals surface area contributed by atoms with Gasteiger partial charge in [-0.15, -0.1) is 0 Å². The van der Waals surface area contributed by atoms with Crippen molar-refractivity contribution in [1.82, 2.24) is 0 Å². The van der Waals surface area contributed by atoms with E-state index < -0.39 is 63.7 Å². The third-order valence-corrected chi connectivity index (χ3v) is 17.2. The van der Waals surface area contributed by atoms with Gasteiger partial charge in [0.25, 0.3) is 0 Å². The van der Waals surface area contributed by atoms with Gasteiger partial charge in [0.15, 0.2) is 31.2 Å². The molecule has 4 rings (SSSR count). The van der Waals surface area contributed by atoms with Crippen molar-refractivity contribution in [2.75, 3.05) is 11.5 Å². The molecule has 3 aromatic carbocycles. The molecule has 0 atom stereocenters. The third-order valence-electron chi connectivity index (χ3n) is 13.4. The Bertz CT molecular complexity index is 1970. The fraction of sp³-hybridized carbons (Fsp3) is 0.667. The summed E-state index contributed by atoms with van der Waals surface area (Å²) in [5.41, 5.74) is -0.718. The summed E-state index contributed by atoms with van der Waals surface area (Å²) >= 11 is 0. The van der Waals surface area contributed by atoms with E-state index in [1.165, 1.54) is 153 Å². The number of carbonyl (C=O) groups is 2. The van der Waals surface area contributed by atoms with Gasteiger partial charge in [-0.25, -0.2) is 16.8 Å². The zero-order chi connectivity index (χ0) is 46.2. The topological polar surface area (TPSA) is 143 Å². The Kier molecular flexibility index (Phi) is 24.0. The molecular formula is C54H82O8S2. The summed E-state index contributed by atoms with van der Waals surface area (Å²) in [6.45, 7) is 4.49. The normalized spacial score (nSPS) is 12.9. The van der Waals surface area contributed by atoms with Crippen molar-refractivity contribution in [3.05, 3.63) is 58.7 Å². The van der Waals surface area contributed by atoms with E-state index in [4.69, 9.17) is 0 Å². The van der Waals surface area contributed by atoms with Crippen molar-refractivity contribution in [3.63, 3.8) is 0 Å². The Labute approximate surface area is 387 Å². The van der Waals surface area contributed by atoms with Gasteiger partial charge in [0.05, 0.1) is 32.4 Å². The average molecular weight is 923 g/mol. The molecule has 0 saturated carbocycles. The lowest BCUT2D eigenvalue weighted by molar-refractivity contribution is 0.0974. The van der Waals surface area contributed by atoms with Crippen LogP contribution in [0.15, 0.2) is 46.2 Å². The molecule has 0 fully saturated rings. The Morgan fingerprint density at radius 3 is 0.859 bits per heavy atom. The lowest BCUT2D eigenvalue weighted by Gasteiger charge is -2.22. The molecule has 8 nitrogen and oxygen atoms in total. The Hall–Kier alpha value is -3.24. The summed E-state index contributed by atoms with van der Waals surface area (Å²) in [6.07, 6.45) is 36.6. The van der Waals surface area contributed by atoms with Crippen molar-refractivity contribution >= 4 is 42.0 Å². The minimum absolute atomic E-state index is 0.0587. The van der Waals surface area contributed by atoms with Crippen LogP contribution < -0.4 is 0 Å². The molecule has 0 bridgehead atoms. The minimum Gasteiger partial charge on any atom is -0.506 e. The van der Waals surface area contributed by atoms with Gasteiger partial charge < -0.3 is 10.2 Å². The lowest BCUT2D eigenvalue weighted by Crippen LogP contribution is -2.21. The van der Waals surface area contributed by atoms with Crippen LogP contribution in [0.3, 0.4) is 0 Å². The first-order valence-electron chi connectivity index (χ1n) is 25.7. The highest BCUT2D eigenvalue weighted by molar-refractivity contribution is 7.94. The number of rotatable bonds is 36. The van der Waals surface area contributed by atoms with E-state index in [1.54, 1.807) is 12.1 Å². The quantitative estimate of drug-likeness (QED) is 0.0339. The molecule has 0 heterocycles. The molecule has 0 amide bonds. The van der Waals surface area contributed by atoms with E-state index >= 15 is 0 Å². The summed E-state index contributed by atoms with van der Waals surface area (Å²) in [7, 11) is -8.39. The average Bonchev–Trinajstić information content (AvgIpc) is 3.28. The number of phenolic OH excluding ortho intramolecular Hbond substituents is 2. The van der Waals surface area contributed by atoms with Crippen molar-refractivity contribution in [3.8, 4) is 11.5 Å². The molecule has 0 radical (unpaired) electrons. The summed E-state index contributed by atoms with van der Waals surface area (Å²) in [4.78, 5) is 26.4. The number of unbranched alkanes of at least 4 members (excludes halogenated alkanes) is 30. The first kappa shape index (κ1) is 53.4. The maximum absolute atomic E-state index is 14.1. The molecule has 0 aromatic heterocycles. The number of aromatic hydroxyl groups is 2. The molecular weight excluding hydrogens is 841 g/mol. The van der Waals surface area contributed by atoms with E-state index in [9.17, 15) is 36.6 Å². The fourth-order valence-corrected chi connectivity index (χ4v) is 13.1. The molecule has 1 aliphatic rings. The number of ketones is 2. The highest BCUT2D eigenvalue weighted by Crippen LogP contribution is 2.46. The number of fused-ring (bicyclic) bond motifs is 3. The van der Waals surface area contributed by atoms with Crippen LogP contribution in [0.4, 0.5) is 0 Å². The van der Waals surface area contributed by atoms with Crippen molar-refractivity contribution in [2.24, 2.45) is 0 Å². The number of sulfone groups is 2. The highest BCUT2D eigenvalue weighted by Gasteiger charge is 2.37. The second-order valence-electron chi connectivity index (χ2n) is 18.7. The molecule has 358 valence electrons. The Morgan fingerprint density at radius 2 is 0.609 bits per heavy atom. The molecule has 0 aliphatic heterocycles. The van der Waals surface area contributed by atoms with Crippen molar-refractivity contribution in [2.45, 2.75) is 229 Å². The van der Waals surface area contributed by atoms with E-state index in [0.717, 1.165) is 50.7 Å². The minimum atomic E-state index is -4.19. The largest absolute Gasteiger partial charge is 0.506 e. The number of hydrogen-bond donors (Lipinski definition) is 2. The van der Waals surface area contributed by atoms with Gasteiger partial charge >= 0.3 is 0 Å². The van der Waals surface area contributed by atoms with Crippen LogP contribution in [-0.4, -0.2) is 50.1 Å². The lowest BCUT2D eigenvalue weighted by atomic mass is 9.81. The number of phenols is 2. The molecule has 0 saturated heterocycles. The van der Waals surface area contributed by atoms with Gasteiger partial charge in [0, 0.05) is 21.9 Å². The van der Waals surface area contributed by atoms with Crippen LogP contribution in [0.5, 0.6) is 11.5 Å². The van der Waals surface area contributed by atoms with Crippen LogP contribution in [-0.2, 0) is 19.7 Å².